The Bertz CT molecular complexity index is 561. The van der Waals surface area contributed by atoms with Gasteiger partial charge in [-0.15, -0.1) is 11.3 Å². The quantitative estimate of drug-likeness (QED) is 0.624. The summed E-state index contributed by atoms with van der Waals surface area (Å²) in [5.74, 6) is 5.26. The molecule has 0 bridgehead atoms. The highest BCUT2D eigenvalue weighted by molar-refractivity contribution is 9.10. The Hall–Kier alpha value is -0.460. The van der Waals surface area contributed by atoms with E-state index in [4.69, 9.17) is 17.4 Å². The highest BCUT2D eigenvalue weighted by Crippen LogP contribution is 2.25. The van der Waals surface area contributed by atoms with E-state index in [0.29, 0.717) is 11.4 Å². The lowest BCUT2D eigenvalue weighted by Gasteiger charge is -2.16. The molecule has 1 aromatic heterocycles. The first-order valence-corrected chi connectivity index (χ1v) is 7.77. The second-order valence-corrected chi connectivity index (χ2v) is 6.46. The number of nitrogens with one attached hydrogen (secondary N) is 1. The molecule has 6 heteroatoms. The lowest BCUT2D eigenvalue weighted by molar-refractivity contribution is 0.524. The van der Waals surface area contributed by atoms with Crippen LogP contribution in [0.3, 0.4) is 0 Å². The number of halogens is 3. The molecule has 0 aliphatic carbocycles. The van der Waals surface area contributed by atoms with Crippen molar-refractivity contribution >= 4 is 38.9 Å². The summed E-state index contributed by atoms with van der Waals surface area (Å²) in [6, 6.07) is 6.50. The largest absolute Gasteiger partial charge is 0.271 e. The van der Waals surface area contributed by atoms with Crippen molar-refractivity contribution in [3.05, 3.63) is 55.4 Å². The summed E-state index contributed by atoms with van der Waals surface area (Å²) in [6.07, 6.45) is 1.45. The van der Waals surface area contributed by atoms with Crippen molar-refractivity contribution in [2.24, 2.45) is 5.84 Å². The highest BCUT2D eigenvalue weighted by atomic mass is 79.9. The zero-order valence-electron chi connectivity index (χ0n) is 10.00. The first-order chi connectivity index (χ1) is 9.10. The number of nitrogens with two attached hydrogens (primary N) is 1. The normalized spacial score (nSPS) is 12.6. The minimum Gasteiger partial charge on any atom is -0.271 e. The van der Waals surface area contributed by atoms with Gasteiger partial charge in [-0.05, 0) is 57.9 Å². The standard InChI is InChI=1S/C13H13BrClFN2S/c14-11-3-4-19-13(11)7-10(18-17)5-8-1-2-9(16)6-12(8)15/h1-4,6,10,18H,5,7,17H2. The molecule has 0 fully saturated rings. The van der Waals surface area contributed by atoms with Crippen LogP contribution in [0.5, 0.6) is 0 Å². The van der Waals surface area contributed by atoms with Gasteiger partial charge in [-0.25, -0.2) is 4.39 Å². The van der Waals surface area contributed by atoms with Gasteiger partial charge in [-0.3, -0.25) is 11.3 Å². The highest BCUT2D eigenvalue weighted by Gasteiger charge is 2.14. The summed E-state index contributed by atoms with van der Waals surface area (Å²) in [6.45, 7) is 0. The van der Waals surface area contributed by atoms with E-state index in [1.165, 1.54) is 17.0 Å². The summed E-state index contributed by atoms with van der Waals surface area (Å²) in [5, 5.41) is 2.46. The monoisotopic (exact) mass is 362 g/mol. The molecular formula is C13H13BrClFN2S. The van der Waals surface area contributed by atoms with E-state index in [1.807, 2.05) is 11.4 Å². The molecule has 0 aliphatic rings. The molecule has 19 heavy (non-hydrogen) atoms. The molecule has 0 aliphatic heterocycles. The molecule has 1 atom stereocenters. The molecule has 0 saturated carbocycles. The average Bonchev–Trinajstić information content (AvgIpc) is 2.77. The van der Waals surface area contributed by atoms with Gasteiger partial charge >= 0.3 is 0 Å². The second kappa shape index (κ2) is 6.81. The first-order valence-electron chi connectivity index (χ1n) is 5.72. The van der Waals surface area contributed by atoms with Gasteiger partial charge in [0.2, 0.25) is 0 Å². The minimum absolute atomic E-state index is 0.0536. The molecule has 2 aromatic rings. The second-order valence-electron chi connectivity index (χ2n) is 4.20. The lowest BCUT2D eigenvalue weighted by atomic mass is 10.0. The maximum absolute atomic E-state index is 13.0. The van der Waals surface area contributed by atoms with Gasteiger partial charge in [0, 0.05) is 20.4 Å². The maximum Gasteiger partial charge on any atom is 0.124 e. The molecule has 0 saturated heterocycles. The Kier molecular flexibility index (Phi) is 5.36. The van der Waals surface area contributed by atoms with E-state index in [1.54, 1.807) is 17.4 Å². The topological polar surface area (TPSA) is 38.0 Å². The smallest absolute Gasteiger partial charge is 0.124 e. The summed E-state index contributed by atoms with van der Waals surface area (Å²) < 4.78 is 14.1. The van der Waals surface area contributed by atoms with Crippen LogP contribution in [0.2, 0.25) is 5.02 Å². The Labute approximate surface area is 128 Å². The first kappa shape index (κ1) is 14.9. The molecule has 1 heterocycles. The Balaban J connectivity index is 2.09. The van der Waals surface area contributed by atoms with Crippen LogP contribution in [0.4, 0.5) is 4.39 Å². The van der Waals surface area contributed by atoms with Crippen molar-refractivity contribution < 1.29 is 4.39 Å². The van der Waals surface area contributed by atoms with Gasteiger partial charge in [0.1, 0.15) is 5.82 Å². The molecular weight excluding hydrogens is 351 g/mol. The Morgan fingerprint density at radius 1 is 1.37 bits per heavy atom. The van der Waals surface area contributed by atoms with E-state index in [-0.39, 0.29) is 11.9 Å². The van der Waals surface area contributed by atoms with Crippen molar-refractivity contribution in [3.8, 4) is 0 Å². The van der Waals surface area contributed by atoms with E-state index < -0.39 is 0 Å². The minimum atomic E-state index is -0.327. The molecule has 2 nitrogen and oxygen atoms in total. The van der Waals surface area contributed by atoms with Gasteiger partial charge in [0.05, 0.1) is 0 Å². The van der Waals surface area contributed by atoms with E-state index in [0.717, 1.165) is 16.5 Å². The maximum atomic E-state index is 13.0. The van der Waals surface area contributed by atoms with Crippen LogP contribution in [0.1, 0.15) is 10.4 Å². The van der Waals surface area contributed by atoms with Crippen LogP contribution >= 0.6 is 38.9 Å². The number of hydrogen-bond acceptors (Lipinski definition) is 3. The molecule has 0 spiro atoms. The molecule has 1 unspecified atom stereocenters. The molecule has 3 N–H and O–H groups in total. The third-order valence-electron chi connectivity index (χ3n) is 2.84. The number of hydrogen-bond donors (Lipinski definition) is 2. The summed E-state index contributed by atoms with van der Waals surface area (Å²) in [4.78, 5) is 1.22. The van der Waals surface area contributed by atoms with Crippen LogP contribution in [0, 0.1) is 5.82 Å². The molecule has 102 valence electrons. The summed E-state index contributed by atoms with van der Waals surface area (Å²) in [5.41, 5.74) is 3.68. The van der Waals surface area contributed by atoms with Gasteiger partial charge in [-0.2, -0.15) is 0 Å². The van der Waals surface area contributed by atoms with Crippen LogP contribution in [0.25, 0.3) is 0 Å². The van der Waals surface area contributed by atoms with Crippen molar-refractivity contribution in [2.75, 3.05) is 0 Å². The van der Waals surface area contributed by atoms with E-state index in [2.05, 4.69) is 21.4 Å². The molecule has 2 rings (SSSR count). The van der Waals surface area contributed by atoms with Crippen LogP contribution in [0.15, 0.2) is 34.1 Å². The third-order valence-corrected chi connectivity index (χ3v) is 5.14. The fourth-order valence-electron chi connectivity index (χ4n) is 1.84. The van der Waals surface area contributed by atoms with Gasteiger partial charge in [0.15, 0.2) is 0 Å². The number of rotatable bonds is 5. The van der Waals surface area contributed by atoms with Crippen LogP contribution in [-0.4, -0.2) is 6.04 Å². The fourth-order valence-corrected chi connectivity index (χ4v) is 3.68. The summed E-state index contributed by atoms with van der Waals surface area (Å²) >= 11 is 11.2. The molecule has 0 amide bonds. The lowest BCUT2D eigenvalue weighted by Crippen LogP contribution is -2.38. The summed E-state index contributed by atoms with van der Waals surface area (Å²) in [7, 11) is 0. The fraction of sp³-hybridized carbons (Fsp3) is 0.231. The molecule has 1 aromatic carbocycles. The molecule has 0 radical (unpaired) electrons. The van der Waals surface area contributed by atoms with Crippen molar-refractivity contribution in [1.82, 2.24) is 5.43 Å². The predicted molar refractivity (Wildman–Crippen MR) is 81.9 cm³/mol. The van der Waals surface area contributed by atoms with Crippen LogP contribution < -0.4 is 11.3 Å². The number of thiophene rings is 1. The van der Waals surface area contributed by atoms with Crippen molar-refractivity contribution in [2.45, 2.75) is 18.9 Å². The zero-order chi connectivity index (χ0) is 13.8. The number of benzene rings is 1. The average molecular weight is 364 g/mol. The van der Waals surface area contributed by atoms with E-state index in [9.17, 15) is 4.39 Å². The van der Waals surface area contributed by atoms with Gasteiger partial charge in [0.25, 0.3) is 0 Å². The van der Waals surface area contributed by atoms with Crippen LogP contribution in [-0.2, 0) is 12.8 Å². The SMILES string of the molecule is NNC(Cc1ccc(F)cc1Cl)Cc1sccc1Br. The third kappa shape index (κ3) is 4.00. The van der Waals surface area contributed by atoms with Crippen molar-refractivity contribution in [3.63, 3.8) is 0 Å². The van der Waals surface area contributed by atoms with Crippen molar-refractivity contribution in [1.29, 1.82) is 0 Å². The number of hydrazine groups is 1. The van der Waals surface area contributed by atoms with E-state index >= 15 is 0 Å². The Morgan fingerprint density at radius 2 is 2.16 bits per heavy atom. The predicted octanol–water partition coefficient (Wildman–Crippen LogP) is 3.92. The van der Waals surface area contributed by atoms with Gasteiger partial charge < -0.3 is 0 Å². The van der Waals surface area contributed by atoms with Gasteiger partial charge in [-0.1, -0.05) is 17.7 Å². The Morgan fingerprint density at radius 3 is 2.74 bits per heavy atom. The zero-order valence-corrected chi connectivity index (χ0v) is 13.2.